The summed E-state index contributed by atoms with van der Waals surface area (Å²) in [7, 11) is 0. The number of hydrogen-bond donors (Lipinski definition) is 1. The standard InChI is InChI=1S/C6H8N2S/c1-5-2-3-9-6(5)4-8-7/h2-3,7H,4H2,1H3. The molecule has 0 radical (unpaired) electrons. The molecule has 0 unspecified atom stereocenters. The predicted octanol–water partition coefficient (Wildman–Crippen LogP) is 2.59. The highest BCUT2D eigenvalue weighted by molar-refractivity contribution is 7.10. The van der Waals surface area contributed by atoms with Crippen LogP contribution in [0.5, 0.6) is 0 Å². The van der Waals surface area contributed by atoms with Crippen molar-refractivity contribution in [3.8, 4) is 0 Å². The minimum atomic E-state index is 0.545. The zero-order valence-corrected chi connectivity index (χ0v) is 6.03. The first-order valence-electron chi connectivity index (χ1n) is 2.71. The van der Waals surface area contributed by atoms with Crippen LogP contribution in [0.25, 0.3) is 0 Å². The highest BCUT2D eigenvalue weighted by atomic mass is 32.1. The molecule has 0 aromatic carbocycles. The molecule has 0 bridgehead atoms. The van der Waals surface area contributed by atoms with Crippen molar-refractivity contribution in [1.29, 1.82) is 5.53 Å². The molecule has 1 rings (SSSR count). The van der Waals surface area contributed by atoms with Crippen molar-refractivity contribution >= 4 is 11.3 Å². The van der Waals surface area contributed by atoms with E-state index < -0.39 is 0 Å². The van der Waals surface area contributed by atoms with E-state index in [9.17, 15) is 0 Å². The Hall–Kier alpha value is -0.700. The zero-order chi connectivity index (χ0) is 6.69. The number of hydrogen-bond acceptors (Lipinski definition) is 3. The number of thiophene rings is 1. The highest BCUT2D eigenvalue weighted by Crippen LogP contribution is 2.15. The summed E-state index contributed by atoms with van der Waals surface area (Å²) in [5.74, 6) is 0. The Morgan fingerprint density at radius 1 is 1.78 bits per heavy atom. The summed E-state index contributed by atoms with van der Waals surface area (Å²) in [6.45, 7) is 2.58. The number of nitrogens with one attached hydrogen (secondary N) is 1. The summed E-state index contributed by atoms with van der Waals surface area (Å²) in [6, 6.07) is 2.05. The molecule has 2 nitrogen and oxygen atoms in total. The minimum absolute atomic E-state index is 0.545. The lowest BCUT2D eigenvalue weighted by Crippen LogP contribution is -1.74. The van der Waals surface area contributed by atoms with Gasteiger partial charge in [-0.3, -0.25) is 0 Å². The summed E-state index contributed by atoms with van der Waals surface area (Å²) in [6.07, 6.45) is 0. The van der Waals surface area contributed by atoms with Gasteiger partial charge < -0.3 is 0 Å². The van der Waals surface area contributed by atoms with Crippen LogP contribution < -0.4 is 0 Å². The summed E-state index contributed by atoms with van der Waals surface area (Å²) in [4.78, 5) is 1.20. The molecule has 1 heterocycles. The molecular formula is C6H8N2S. The highest BCUT2D eigenvalue weighted by Gasteiger charge is 1.95. The maximum Gasteiger partial charge on any atom is 0.0941 e. The first kappa shape index (κ1) is 6.42. The summed E-state index contributed by atoms with van der Waals surface area (Å²) < 4.78 is 0. The molecule has 0 saturated carbocycles. The summed E-state index contributed by atoms with van der Waals surface area (Å²) in [5.41, 5.74) is 7.85. The second kappa shape index (κ2) is 2.73. The number of nitrogens with zero attached hydrogens (tertiary/aromatic N) is 1. The second-order valence-corrected chi connectivity index (χ2v) is 2.84. The van der Waals surface area contributed by atoms with Gasteiger partial charge in [-0.25, -0.2) is 5.53 Å². The van der Waals surface area contributed by atoms with E-state index in [0.29, 0.717) is 6.54 Å². The smallest absolute Gasteiger partial charge is 0.0941 e. The van der Waals surface area contributed by atoms with E-state index in [-0.39, 0.29) is 0 Å². The third-order valence-electron chi connectivity index (χ3n) is 1.19. The lowest BCUT2D eigenvalue weighted by atomic mass is 10.3. The Bertz CT molecular complexity index is 205. The fourth-order valence-electron chi connectivity index (χ4n) is 0.638. The third kappa shape index (κ3) is 1.36. The first-order chi connectivity index (χ1) is 4.34. The van der Waals surface area contributed by atoms with Gasteiger partial charge in [0.15, 0.2) is 0 Å². The molecule has 48 valence electrons. The molecular weight excluding hydrogens is 132 g/mol. The van der Waals surface area contributed by atoms with Gasteiger partial charge in [0.2, 0.25) is 0 Å². The van der Waals surface area contributed by atoms with Crippen LogP contribution in [0.15, 0.2) is 16.6 Å². The SMILES string of the molecule is Cc1ccsc1CN=N. The average molecular weight is 140 g/mol. The van der Waals surface area contributed by atoms with E-state index in [1.807, 2.05) is 18.4 Å². The molecule has 0 fully saturated rings. The van der Waals surface area contributed by atoms with Gasteiger partial charge in [-0.2, -0.15) is 5.11 Å². The third-order valence-corrected chi connectivity index (χ3v) is 2.20. The van der Waals surface area contributed by atoms with Crippen LogP contribution in [0.2, 0.25) is 0 Å². The topological polar surface area (TPSA) is 36.2 Å². The average Bonchev–Trinajstić information content (AvgIpc) is 2.18. The van der Waals surface area contributed by atoms with Crippen molar-refractivity contribution in [3.63, 3.8) is 0 Å². The Morgan fingerprint density at radius 2 is 2.56 bits per heavy atom. The molecule has 0 saturated heterocycles. The molecule has 0 aliphatic carbocycles. The maximum atomic E-state index is 6.61. The Labute approximate surface area is 58.0 Å². The van der Waals surface area contributed by atoms with Gasteiger partial charge >= 0.3 is 0 Å². The molecule has 1 N–H and O–H groups in total. The monoisotopic (exact) mass is 140 g/mol. The van der Waals surface area contributed by atoms with Crippen LogP contribution in [0.3, 0.4) is 0 Å². The fourth-order valence-corrected chi connectivity index (χ4v) is 1.47. The van der Waals surface area contributed by atoms with Crippen molar-refractivity contribution in [2.45, 2.75) is 13.5 Å². The Balaban J connectivity index is 2.80. The van der Waals surface area contributed by atoms with Crippen LogP contribution in [0.1, 0.15) is 10.4 Å². The second-order valence-electron chi connectivity index (χ2n) is 1.84. The van der Waals surface area contributed by atoms with E-state index in [4.69, 9.17) is 5.53 Å². The minimum Gasteiger partial charge on any atom is -0.209 e. The number of rotatable bonds is 2. The predicted molar refractivity (Wildman–Crippen MR) is 37.9 cm³/mol. The van der Waals surface area contributed by atoms with Gasteiger partial charge in [0.25, 0.3) is 0 Å². The van der Waals surface area contributed by atoms with Crippen LogP contribution in [-0.4, -0.2) is 0 Å². The van der Waals surface area contributed by atoms with Gasteiger partial charge in [-0.1, -0.05) is 0 Å². The molecule has 0 aliphatic rings. The Kier molecular flexibility index (Phi) is 1.95. The van der Waals surface area contributed by atoms with Gasteiger partial charge in [-0.05, 0) is 23.9 Å². The normalized spacial score (nSPS) is 9.44. The Morgan fingerprint density at radius 3 is 3.00 bits per heavy atom. The van der Waals surface area contributed by atoms with Gasteiger partial charge in [0, 0.05) is 4.88 Å². The first-order valence-corrected chi connectivity index (χ1v) is 3.58. The van der Waals surface area contributed by atoms with Crippen molar-refractivity contribution < 1.29 is 0 Å². The molecule has 0 atom stereocenters. The molecule has 9 heavy (non-hydrogen) atoms. The van der Waals surface area contributed by atoms with Gasteiger partial charge in [0.05, 0.1) is 6.54 Å². The van der Waals surface area contributed by atoms with Crippen molar-refractivity contribution in [3.05, 3.63) is 21.9 Å². The van der Waals surface area contributed by atoms with Crippen LogP contribution in [-0.2, 0) is 6.54 Å². The number of aryl methyl sites for hydroxylation is 1. The van der Waals surface area contributed by atoms with Gasteiger partial charge in [0.1, 0.15) is 0 Å². The largest absolute Gasteiger partial charge is 0.209 e. The molecule has 0 spiro atoms. The van der Waals surface area contributed by atoms with E-state index in [0.717, 1.165) is 0 Å². The maximum absolute atomic E-state index is 6.61. The van der Waals surface area contributed by atoms with E-state index in [1.165, 1.54) is 10.4 Å². The zero-order valence-electron chi connectivity index (χ0n) is 5.22. The molecule has 1 aromatic rings. The summed E-state index contributed by atoms with van der Waals surface area (Å²) >= 11 is 1.66. The molecule has 1 aromatic heterocycles. The fraction of sp³-hybridized carbons (Fsp3) is 0.333. The van der Waals surface area contributed by atoms with Crippen LogP contribution in [0, 0.1) is 12.5 Å². The van der Waals surface area contributed by atoms with E-state index in [2.05, 4.69) is 5.11 Å². The van der Waals surface area contributed by atoms with Crippen LogP contribution in [0.4, 0.5) is 0 Å². The van der Waals surface area contributed by atoms with Crippen LogP contribution >= 0.6 is 11.3 Å². The van der Waals surface area contributed by atoms with Crippen molar-refractivity contribution in [2.24, 2.45) is 5.11 Å². The quantitative estimate of drug-likeness (QED) is 0.613. The molecule has 3 heteroatoms. The lowest BCUT2D eigenvalue weighted by molar-refractivity contribution is 0.917. The molecule has 0 amide bonds. The summed E-state index contributed by atoms with van der Waals surface area (Å²) in [5, 5.41) is 5.32. The van der Waals surface area contributed by atoms with E-state index in [1.54, 1.807) is 11.3 Å². The molecule has 0 aliphatic heterocycles. The van der Waals surface area contributed by atoms with Crippen molar-refractivity contribution in [2.75, 3.05) is 0 Å². The van der Waals surface area contributed by atoms with E-state index >= 15 is 0 Å². The van der Waals surface area contributed by atoms with Crippen molar-refractivity contribution in [1.82, 2.24) is 0 Å². The lowest BCUT2D eigenvalue weighted by Gasteiger charge is -1.87. The van der Waals surface area contributed by atoms with Gasteiger partial charge in [-0.15, -0.1) is 11.3 Å².